The second kappa shape index (κ2) is 7.31. The summed E-state index contributed by atoms with van der Waals surface area (Å²) in [7, 11) is 1.62. The molecule has 0 radical (unpaired) electrons. The molecule has 0 aliphatic rings. The second-order valence-corrected chi connectivity index (χ2v) is 8.33. The molecule has 2 aromatic carbocycles. The number of fused-ring (bicyclic) bond motifs is 2. The van der Waals surface area contributed by atoms with Crippen molar-refractivity contribution in [3.63, 3.8) is 0 Å². The summed E-state index contributed by atoms with van der Waals surface area (Å²) in [6.07, 6.45) is 1.60. The van der Waals surface area contributed by atoms with E-state index in [0.29, 0.717) is 15.9 Å². The van der Waals surface area contributed by atoms with Crippen LogP contribution in [0.5, 0.6) is 5.75 Å². The van der Waals surface area contributed by atoms with Crippen molar-refractivity contribution in [1.82, 2.24) is 9.97 Å². The van der Waals surface area contributed by atoms with Crippen LogP contribution in [0, 0.1) is 0 Å². The van der Waals surface area contributed by atoms with Crippen LogP contribution in [0.4, 0.5) is 5.13 Å². The van der Waals surface area contributed by atoms with Crippen molar-refractivity contribution in [2.24, 2.45) is 0 Å². The molecule has 6 nitrogen and oxygen atoms in total. The number of rotatable bonds is 5. The van der Waals surface area contributed by atoms with Gasteiger partial charge in [0.15, 0.2) is 10.1 Å². The van der Waals surface area contributed by atoms with Crippen LogP contribution < -0.4 is 9.64 Å². The quantitative estimate of drug-likeness (QED) is 0.382. The Bertz CT molecular complexity index is 1270. The Hall–Kier alpha value is -3.23. The zero-order chi connectivity index (χ0) is 19.8. The van der Waals surface area contributed by atoms with Gasteiger partial charge in [0.05, 0.1) is 40.4 Å². The van der Waals surface area contributed by atoms with Gasteiger partial charge < -0.3 is 9.15 Å². The van der Waals surface area contributed by atoms with E-state index in [1.165, 1.54) is 22.7 Å². The molecule has 0 aliphatic carbocycles. The maximum atomic E-state index is 13.4. The normalized spacial score (nSPS) is 11.2. The number of anilines is 1. The van der Waals surface area contributed by atoms with E-state index >= 15 is 0 Å². The van der Waals surface area contributed by atoms with E-state index < -0.39 is 0 Å². The number of ether oxygens (including phenoxy) is 1. The molecule has 5 rings (SSSR count). The number of benzene rings is 2. The van der Waals surface area contributed by atoms with Gasteiger partial charge in [-0.2, -0.15) is 0 Å². The van der Waals surface area contributed by atoms with Gasteiger partial charge in [0, 0.05) is 6.07 Å². The van der Waals surface area contributed by atoms with Gasteiger partial charge in [0.2, 0.25) is 0 Å². The Morgan fingerprint density at radius 3 is 2.69 bits per heavy atom. The van der Waals surface area contributed by atoms with Crippen LogP contribution in [-0.4, -0.2) is 23.0 Å². The molecule has 29 heavy (non-hydrogen) atoms. The van der Waals surface area contributed by atoms with Gasteiger partial charge >= 0.3 is 0 Å². The fourth-order valence-electron chi connectivity index (χ4n) is 3.00. The smallest absolute Gasteiger partial charge is 0.289 e. The molecular weight excluding hydrogens is 406 g/mol. The lowest BCUT2D eigenvalue weighted by Crippen LogP contribution is -2.30. The van der Waals surface area contributed by atoms with Crippen molar-refractivity contribution >= 4 is 54.1 Å². The van der Waals surface area contributed by atoms with Crippen LogP contribution >= 0.6 is 22.7 Å². The standard InChI is InChI=1S/C21H15N3O3S2/c1-26-13-8-9-18-16(11-13)23-21(29-18)24(12-14-5-4-10-27-14)20(25)19-22-15-6-2-3-7-17(15)28-19/h2-11H,12H2,1H3. The van der Waals surface area contributed by atoms with Crippen LogP contribution in [0.2, 0.25) is 0 Å². The molecule has 3 aromatic heterocycles. The minimum atomic E-state index is -0.200. The monoisotopic (exact) mass is 421 g/mol. The predicted molar refractivity (Wildman–Crippen MR) is 115 cm³/mol. The average molecular weight is 422 g/mol. The zero-order valence-corrected chi connectivity index (χ0v) is 17.0. The SMILES string of the molecule is COc1ccc2sc(N(Cc3ccco3)C(=O)c3nc4ccccc4s3)nc2c1. The number of methoxy groups -OCH3 is 1. The minimum absolute atomic E-state index is 0.200. The van der Waals surface area contributed by atoms with Gasteiger partial charge in [-0.1, -0.05) is 23.5 Å². The van der Waals surface area contributed by atoms with Gasteiger partial charge in [-0.3, -0.25) is 9.69 Å². The van der Waals surface area contributed by atoms with Crippen LogP contribution in [-0.2, 0) is 6.54 Å². The summed E-state index contributed by atoms with van der Waals surface area (Å²) >= 11 is 2.83. The molecule has 3 heterocycles. The van der Waals surface area contributed by atoms with Gasteiger partial charge in [-0.15, -0.1) is 11.3 Å². The second-order valence-electron chi connectivity index (χ2n) is 6.29. The molecule has 144 valence electrons. The molecular formula is C21H15N3O3S2. The van der Waals surface area contributed by atoms with Gasteiger partial charge in [-0.05, 0) is 36.4 Å². The Labute approximate surface area is 174 Å². The number of hydrogen-bond acceptors (Lipinski definition) is 7. The lowest BCUT2D eigenvalue weighted by molar-refractivity contribution is 0.0983. The van der Waals surface area contributed by atoms with Crippen LogP contribution in [0.1, 0.15) is 15.6 Å². The van der Waals surface area contributed by atoms with Crippen LogP contribution in [0.15, 0.2) is 65.3 Å². The Kier molecular flexibility index (Phi) is 4.49. The number of carbonyl (C=O) groups excluding carboxylic acids is 1. The summed E-state index contributed by atoms with van der Waals surface area (Å²) in [6.45, 7) is 0.277. The highest BCUT2D eigenvalue weighted by molar-refractivity contribution is 7.22. The summed E-state index contributed by atoms with van der Waals surface area (Å²) in [6, 6.07) is 17.1. The van der Waals surface area contributed by atoms with E-state index in [2.05, 4.69) is 9.97 Å². The molecule has 0 fully saturated rings. The number of hydrogen-bond donors (Lipinski definition) is 0. The molecule has 0 saturated heterocycles. The molecule has 8 heteroatoms. The number of thiazole rings is 2. The van der Waals surface area contributed by atoms with Crippen molar-refractivity contribution < 1.29 is 13.9 Å². The van der Waals surface area contributed by atoms with Gasteiger partial charge in [-0.25, -0.2) is 9.97 Å². The van der Waals surface area contributed by atoms with Crippen LogP contribution in [0.25, 0.3) is 20.4 Å². The third-order valence-corrected chi connectivity index (χ3v) is 6.51. The molecule has 1 amide bonds. The highest BCUT2D eigenvalue weighted by Gasteiger charge is 2.25. The number of para-hydroxylation sites is 1. The molecule has 0 atom stereocenters. The number of nitrogens with zero attached hydrogens (tertiary/aromatic N) is 3. The fourth-order valence-corrected chi connectivity index (χ4v) is 4.86. The lowest BCUT2D eigenvalue weighted by atomic mass is 10.3. The van der Waals surface area contributed by atoms with Crippen molar-refractivity contribution in [3.05, 3.63) is 71.6 Å². The summed E-state index contributed by atoms with van der Waals surface area (Å²) < 4.78 is 12.7. The first-order valence-corrected chi connectivity index (χ1v) is 10.5. The molecule has 5 aromatic rings. The third kappa shape index (κ3) is 3.37. The molecule has 0 N–H and O–H groups in total. The highest BCUT2D eigenvalue weighted by Crippen LogP contribution is 2.33. The predicted octanol–water partition coefficient (Wildman–Crippen LogP) is 5.35. The summed E-state index contributed by atoms with van der Waals surface area (Å²) in [5.41, 5.74) is 1.60. The third-order valence-electron chi connectivity index (χ3n) is 4.43. The number of carbonyl (C=O) groups is 1. The number of amides is 1. The average Bonchev–Trinajstić information content (AvgIpc) is 3.49. The lowest BCUT2D eigenvalue weighted by Gasteiger charge is -2.17. The van der Waals surface area contributed by atoms with E-state index in [0.717, 1.165) is 26.2 Å². The molecule has 0 spiro atoms. The van der Waals surface area contributed by atoms with E-state index in [9.17, 15) is 4.79 Å². The van der Waals surface area contributed by atoms with E-state index in [-0.39, 0.29) is 12.5 Å². The maximum Gasteiger partial charge on any atom is 0.289 e. The minimum Gasteiger partial charge on any atom is -0.497 e. The Morgan fingerprint density at radius 1 is 1.03 bits per heavy atom. The molecule has 0 aliphatic heterocycles. The van der Waals surface area contributed by atoms with Gasteiger partial charge in [0.1, 0.15) is 11.5 Å². The number of aromatic nitrogens is 2. The topological polar surface area (TPSA) is 68.5 Å². The summed E-state index contributed by atoms with van der Waals surface area (Å²) in [4.78, 5) is 24.2. The zero-order valence-electron chi connectivity index (χ0n) is 15.4. The number of furan rings is 1. The molecule has 0 unspecified atom stereocenters. The summed E-state index contributed by atoms with van der Waals surface area (Å²) in [5, 5.41) is 1.02. The van der Waals surface area contributed by atoms with E-state index in [1.54, 1.807) is 24.3 Å². The van der Waals surface area contributed by atoms with Crippen molar-refractivity contribution in [1.29, 1.82) is 0 Å². The first kappa shape index (κ1) is 17.8. The first-order valence-electron chi connectivity index (χ1n) is 8.85. The first-order chi connectivity index (χ1) is 14.2. The van der Waals surface area contributed by atoms with E-state index in [1.807, 2.05) is 48.5 Å². The Balaban J connectivity index is 1.58. The summed E-state index contributed by atoms with van der Waals surface area (Å²) in [5.74, 6) is 1.20. The van der Waals surface area contributed by atoms with Crippen molar-refractivity contribution in [2.75, 3.05) is 12.0 Å². The maximum absolute atomic E-state index is 13.4. The molecule has 0 bridgehead atoms. The fraction of sp³-hybridized carbons (Fsp3) is 0.0952. The van der Waals surface area contributed by atoms with Crippen LogP contribution in [0.3, 0.4) is 0 Å². The van der Waals surface area contributed by atoms with Gasteiger partial charge in [0.25, 0.3) is 5.91 Å². The van der Waals surface area contributed by atoms with E-state index in [4.69, 9.17) is 9.15 Å². The largest absolute Gasteiger partial charge is 0.497 e. The van der Waals surface area contributed by atoms with Crippen molar-refractivity contribution in [2.45, 2.75) is 6.54 Å². The van der Waals surface area contributed by atoms with Crippen molar-refractivity contribution in [3.8, 4) is 5.75 Å². The Morgan fingerprint density at radius 2 is 1.90 bits per heavy atom. The molecule has 0 saturated carbocycles. The highest BCUT2D eigenvalue weighted by atomic mass is 32.1.